The predicted octanol–water partition coefficient (Wildman–Crippen LogP) is 3.40. The molecular formula is C17H11F2N5O6. The molecule has 1 heterocycles. The average molecular weight is 419 g/mol. The molecule has 154 valence electrons. The largest absolute Gasteiger partial charge is 0.334 e. The molecule has 0 radical (unpaired) electrons. The van der Waals surface area contributed by atoms with Gasteiger partial charge in [0.05, 0.1) is 15.9 Å². The lowest BCUT2D eigenvalue weighted by Crippen LogP contribution is -2.15. The first-order chi connectivity index (χ1) is 14.2. The zero-order chi connectivity index (χ0) is 21.8. The molecule has 1 amide bonds. The van der Waals surface area contributed by atoms with Crippen molar-refractivity contribution in [3.63, 3.8) is 0 Å². The number of aromatic nitrogens is 2. The minimum Gasteiger partial charge on any atom is -0.334 e. The third kappa shape index (κ3) is 4.57. The zero-order valence-corrected chi connectivity index (χ0v) is 14.9. The number of nitro benzene ring substituents is 2. The molecule has 0 aliphatic carbocycles. The predicted molar refractivity (Wildman–Crippen MR) is 96.4 cm³/mol. The number of anilines is 1. The lowest BCUT2D eigenvalue weighted by molar-refractivity contribution is -0.384. The van der Waals surface area contributed by atoms with Gasteiger partial charge in [-0.15, -0.1) is 0 Å². The van der Waals surface area contributed by atoms with Crippen molar-refractivity contribution < 1.29 is 27.9 Å². The van der Waals surface area contributed by atoms with E-state index in [4.69, 9.17) is 4.52 Å². The van der Waals surface area contributed by atoms with Gasteiger partial charge in [-0.2, -0.15) is 4.98 Å². The maximum atomic E-state index is 13.8. The third-order valence-corrected chi connectivity index (χ3v) is 3.86. The molecule has 2 aromatic carbocycles. The fourth-order valence-corrected chi connectivity index (χ4v) is 2.45. The minimum absolute atomic E-state index is 0.0427. The molecule has 13 heteroatoms. The molecule has 0 unspecified atom stereocenters. The molecule has 0 saturated carbocycles. The number of rotatable bonds is 7. The van der Waals surface area contributed by atoms with E-state index in [2.05, 4.69) is 10.1 Å². The van der Waals surface area contributed by atoms with E-state index < -0.39 is 38.8 Å². The molecule has 0 saturated heterocycles. The van der Waals surface area contributed by atoms with Gasteiger partial charge >= 0.3 is 0 Å². The van der Waals surface area contributed by atoms with Gasteiger partial charge in [0.15, 0.2) is 17.3 Å². The highest BCUT2D eigenvalue weighted by Crippen LogP contribution is 2.29. The van der Waals surface area contributed by atoms with Crippen LogP contribution in [0.1, 0.15) is 12.2 Å². The van der Waals surface area contributed by atoms with Crippen LogP contribution in [0.15, 0.2) is 40.9 Å². The second-order valence-corrected chi connectivity index (χ2v) is 5.91. The molecule has 30 heavy (non-hydrogen) atoms. The first-order valence-electron chi connectivity index (χ1n) is 8.25. The van der Waals surface area contributed by atoms with Crippen LogP contribution in [0.3, 0.4) is 0 Å². The summed E-state index contributed by atoms with van der Waals surface area (Å²) in [7, 11) is 0. The molecule has 1 aromatic heterocycles. The Labute approximate surface area is 165 Å². The Balaban J connectivity index is 1.65. The van der Waals surface area contributed by atoms with Crippen LogP contribution in [0.25, 0.3) is 11.5 Å². The first-order valence-corrected chi connectivity index (χ1v) is 8.25. The Morgan fingerprint density at radius 1 is 1.10 bits per heavy atom. The van der Waals surface area contributed by atoms with E-state index in [0.29, 0.717) is 17.7 Å². The average Bonchev–Trinajstić information content (AvgIpc) is 3.17. The van der Waals surface area contributed by atoms with Gasteiger partial charge in [0, 0.05) is 36.6 Å². The molecule has 3 rings (SSSR count). The lowest BCUT2D eigenvalue weighted by Gasteiger charge is -2.06. The van der Waals surface area contributed by atoms with Crippen LogP contribution in [0.5, 0.6) is 0 Å². The van der Waals surface area contributed by atoms with Crippen LogP contribution in [0, 0.1) is 31.9 Å². The SMILES string of the molecule is O=C(CCc1noc(-c2ccc([N+](=O)[O-])cc2)n1)Nc1c(F)cc(F)cc1[N+](=O)[O-]. The maximum Gasteiger partial charge on any atom is 0.298 e. The standard InChI is InChI=1S/C17H11F2N5O6/c18-10-7-12(19)16(13(8-10)24(28)29)21-15(25)6-5-14-20-17(30-22-14)9-1-3-11(4-2-9)23(26)27/h1-4,7-8H,5-6H2,(H,21,25). The molecule has 0 bridgehead atoms. The van der Waals surface area contributed by atoms with Crippen LogP contribution in [-0.2, 0) is 11.2 Å². The van der Waals surface area contributed by atoms with Crippen molar-refractivity contribution in [2.24, 2.45) is 0 Å². The van der Waals surface area contributed by atoms with Crippen LogP contribution in [-0.4, -0.2) is 25.9 Å². The third-order valence-electron chi connectivity index (χ3n) is 3.86. The van der Waals surface area contributed by atoms with Crippen LogP contribution < -0.4 is 5.32 Å². The number of nitrogens with one attached hydrogen (secondary N) is 1. The monoisotopic (exact) mass is 419 g/mol. The molecular weight excluding hydrogens is 408 g/mol. The van der Waals surface area contributed by atoms with E-state index in [-0.39, 0.29) is 30.2 Å². The lowest BCUT2D eigenvalue weighted by atomic mass is 10.2. The van der Waals surface area contributed by atoms with Gasteiger partial charge in [-0.3, -0.25) is 25.0 Å². The van der Waals surface area contributed by atoms with Crippen molar-refractivity contribution in [3.05, 3.63) is 74.1 Å². The topological polar surface area (TPSA) is 154 Å². The zero-order valence-electron chi connectivity index (χ0n) is 14.9. The molecule has 0 fully saturated rings. The number of nitro groups is 2. The number of non-ortho nitro benzene ring substituents is 1. The quantitative estimate of drug-likeness (QED) is 0.451. The summed E-state index contributed by atoms with van der Waals surface area (Å²) in [5.74, 6) is -3.03. The molecule has 1 N–H and O–H groups in total. The van der Waals surface area contributed by atoms with E-state index in [9.17, 15) is 33.8 Å². The summed E-state index contributed by atoms with van der Waals surface area (Å²) in [4.78, 5) is 36.1. The van der Waals surface area contributed by atoms with Crippen molar-refractivity contribution in [2.75, 3.05) is 5.32 Å². The highest BCUT2D eigenvalue weighted by Gasteiger charge is 2.22. The van der Waals surface area contributed by atoms with E-state index >= 15 is 0 Å². The van der Waals surface area contributed by atoms with Crippen molar-refractivity contribution in [1.29, 1.82) is 0 Å². The molecule has 11 nitrogen and oxygen atoms in total. The van der Waals surface area contributed by atoms with Crippen molar-refractivity contribution in [1.82, 2.24) is 10.1 Å². The summed E-state index contributed by atoms with van der Waals surface area (Å²) < 4.78 is 32.0. The fraction of sp³-hybridized carbons (Fsp3) is 0.118. The Kier molecular flexibility index (Phi) is 5.71. The summed E-state index contributed by atoms with van der Waals surface area (Å²) >= 11 is 0. The Morgan fingerprint density at radius 3 is 2.43 bits per heavy atom. The van der Waals surface area contributed by atoms with Gasteiger partial charge < -0.3 is 9.84 Å². The second kappa shape index (κ2) is 8.38. The van der Waals surface area contributed by atoms with Crippen LogP contribution in [0.2, 0.25) is 0 Å². The van der Waals surface area contributed by atoms with Gasteiger partial charge in [-0.1, -0.05) is 5.16 Å². The van der Waals surface area contributed by atoms with E-state index in [1.54, 1.807) is 0 Å². The number of carbonyl (C=O) groups is 1. The van der Waals surface area contributed by atoms with E-state index in [0.717, 1.165) is 0 Å². The van der Waals surface area contributed by atoms with Crippen LogP contribution in [0.4, 0.5) is 25.8 Å². The van der Waals surface area contributed by atoms with Gasteiger partial charge in [-0.05, 0) is 12.1 Å². The maximum absolute atomic E-state index is 13.8. The van der Waals surface area contributed by atoms with E-state index in [1.807, 2.05) is 5.32 Å². The second-order valence-electron chi connectivity index (χ2n) is 5.91. The normalized spacial score (nSPS) is 10.6. The van der Waals surface area contributed by atoms with Gasteiger partial charge in [-0.25, -0.2) is 8.78 Å². The van der Waals surface area contributed by atoms with Gasteiger partial charge in [0.1, 0.15) is 5.82 Å². The van der Waals surface area contributed by atoms with E-state index in [1.165, 1.54) is 24.3 Å². The number of halogens is 2. The summed E-state index contributed by atoms with van der Waals surface area (Å²) in [6, 6.07) is 6.26. The molecule has 0 aliphatic rings. The van der Waals surface area contributed by atoms with Gasteiger partial charge in [0.25, 0.3) is 17.3 Å². The molecule has 0 spiro atoms. The highest BCUT2D eigenvalue weighted by atomic mass is 19.1. The van der Waals surface area contributed by atoms with Crippen molar-refractivity contribution in [3.8, 4) is 11.5 Å². The van der Waals surface area contributed by atoms with Crippen LogP contribution >= 0.6 is 0 Å². The van der Waals surface area contributed by atoms with Crippen molar-refractivity contribution >= 4 is 23.0 Å². The number of nitrogens with zero attached hydrogens (tertiary/aromatic N) is 4. The molecule has 0 aliphatic heterocycles. The summed E-state index contributed by atoms with van der Waals surface area (Å²) in [5, 5.41) is 27.3. The Bertz CT molecular complexity index is 1130. The molecule has 0 atom stereocenters. The fourth-order valence-electron chi connectivity index (χ4n) is 2.45. The summed E-state index contributed by atoms with van der Waals surface area (Å²) in [5.41, 5.74) is -1.35. The number of aryl methyl sites for hydroxylation is 1. The number of benzene rings is 2. The smallest absolute Gasteiger partial charge is 0.298 e. The number of hydrogen-bond acceptors (Lipinski definition) is 8. The highest BCUT2D eigenvalue weighted by molar-refractivity contribution is 5.93. The number of carbonyl (C=O) groups excluding carboxylic acids is 1. The summed E-state index contributed by atoms with van der Waals surface area (Å²) in [6.07, 6.45) is -0.313. The summed E-state index contributed by atoms with van der Waals surface area (Å²) in [6.45, 7) is 0. The number of amides is 1. The first kappa shape index (κ1) is 20.4. The minimum atomic E-state index is -1.28. The Morgan fingerprint density at radius 2 is 1.80 bits per heavy atom. The Hall–Kier alpha value is -4.29. The van der Waals surface area contributed by atoms with Gasteiger partial charge in [0.2, 0.25) is 5.91 Å². The number of hydrogen-bond donors (Lipinski definition) is 1. The van der Waals surface area contributed by atoms with Crippen molar-refractivity contribution in [2.45, 2.75) is 12.8 Å². The molecule has 3 aromatic rings.